The molecule has 3 nitrogen and oxygen atoms in total. The fourth-order valence-electron chi connectivity index (χ4n) is 0.494. The molecule has 0 amide bonds. The van der Waals surface area contributed by atoms with Crippen LogP contribution < -0.4 is 0 Å². The number of rotatable bonds is 1. The minimum atomic E-state index is -0.107. The molecular formula is C6H5ClN2O. The molecule has 0 bridgehead atoms. The van der Waals surface area contributed by atoms with E-state index >= 15 is 0 Å². The molecule has 0 aliphatic carbocycles. The molecule has 0 spiro atoms. The smallest absolute Gasteiger partial charge is 0.179 e. The van der Waals surface area contributed by atoms with E-state index in [9.17, 15) is 4.79 Å². The third kappa shape index (κ3) is 1.51. The number of aromatic nitrogens is 2. The summed E-state index contributed by atoms with van der Waals surface area (Å²) in [6, 6.07) is 0. The van der Waals surface area contributed by atoms with Crippen molar-refractivity contribution in [3.63, 3.8) is 0 Å². The van der Waals surface area contributed by atoms with Gasteiger partial charge in [0.05, 0.1) is 12.4 Å². The largest absolute Gasteiger partial charge is 0.293 e. The number of halogens is 1. The molecule has 0 N–H and O–H groups in total. The normalized spacial score (nSPS) is 9.40. The van der Waals surface area contributed by atoms with Crippen molar-refractivity contribution in [1.29, 1.82) is 0 Å². The van der Waals surface area contributed by atoms with Crippen molar-refractivity contribution in [3.05, 3.63) is 23.2 Å². The minimum Gasteiger partial charge on any atom is -0.293 e. The molecule has 0 unspecified atom stereocenters. The van der Waals surface area contributed by atoms with Crippen LogP contribution in [0.1, 0.15) is 17.4 Å². The Kier molecular flexibility index (Phi) is 1.97. The Morgan fingerprint density at radius 2 is 2.20 bits per heavy atom. The van der Waals surface area contributed by atoms with Gasteiger partial charge in [0.1, 0.15) is 10.8 Å². The highest BCUT2D eigenvalue weighted by molar-refractivity contribution is 6.29. The Bertz CT molecular complexity index is 244. The van der Waals surface area contributed by atoms with E-state index in [1.54, 1.807) is 0 Å². The zero-order chi connectivity index (χ0) is 7.56. The van der Waals surface area contributed by atoms with Gasteiger partial charge in [-0.2, -0.15) is 0 Å². The predicted octanol–water partition coefficient (Wildman–Crippen LogP) is 1.33. The summed E-state index contributed by atoms with van der Waals surface area (Å²) in [4.78, 5) is 18.0. The predicted molar refractivity (Wildman–Crippen MR) is 37.0 cm³/mol. The number of carbonyl (C=O) groups excluding carboxylic acids is 1. The summed E-state index contributed by atoms with van der Waals surface area (Å²) in [5, 5.41) is 0.296. The standard InChI is InChI=1S/C6H5ClN2O/c1-4(10)5-2-9-6(7)3-8-5/h2-3H,1H3. The zero-order valence-electron chi connectivity index (χ0n) is 5.34. The van der Waals surface area contributed by atoms with Crippen molar-refractivity contribution >= 4 is 17.4 Å². The van der Waals surface area contributed by atoms with Crippen molar-refractivity contribution in [2.75, 3.05) is 0 Å². The average molecular weight is 157 g/mol. The van der Waals surface area contributed by atoms with E-state index in [0.717, 1.165) is 0 Å². The summed E-state index contributed by atoms with van der Waals surface area (Å²) in [7, 11) is 0. The third-order valence-corrected chi connectivity index (χ3v) is 1.18. The van der Waals surface area contributed by atoms with Crippen LogP contribution in [-0.2, 0) is 0 Å². The van der Waals surface area contributed by atoms with Crippen LogP contribution in [0.4, 0.5) is 0 Å². The van der Waals surface area contributed by atoms with Crippen LogP contribution in [0.3, 0.4) is 0 Å². The van der Waals surface area contributed by atoms with Crippen LogP contribution in [0.2, 0.25) is 5.15 Å². The number of Topliss-reactive ketones (excluding diaryl/α,β-unsaturated/α-hetero) is 1. The first kappa shape index (κ1) is 7.15. The van der Waals surface area contributed by atoms with Gasteiger partial charge in [-0.05, 0) is 0 Å². The maximum absolute atomic E-state index is 10.6. The van der Waals surface area contributed by atoms with Gasteiger partial charge in [0.25, 0.3) is 0 Å². The molecule has 52 valence electrons. The quantitative estimate of drug-likeness (QED) is 0.577. The van der Waals surface area contributed by atoms with E-state index in [4.69, 9.17) is 11.6 Å². The molecule has 0 aliphatic heterocycles. The SMILES string of the molecule is CC(=O)c1cnc(Cl)cn1. The Morgan fingerprint density at radius 3 is 2.60 bits per heavy atom. The van der Waals surface area contributed by atoms with Gasteiger partial charge in [-0.3, -0.25) is 4.79 Å². The maximum atomic E-state index is 10.6. The van der Waals surface area contributed by atoms with Crippen LogP contribution in [-0.4, -0.2) is 15.8 Å². The highest BCUT2D eigenvalue weighted by Gasteiger charge is 1.98. The molecule has 0 aliphatic rings. The number of ketones is 1. The molecule has 1 aromatic heterocycles. The molecule has 10 heavy (non-hydrogen) atoms. The number of carbonyl (C=O) groups is 1. The first-order valence-corrected chi connectivity index (χ1v) is 3.06. The lowest BCUT2D eigenvalue weighted by atomic mass is 10.3. The van der Waals surface area contributed by atoms with Crippen LogP contribution in [0, 0.1) is 0 Å². The Hall–Kier alpha value is -0.960. The maximum Gasteiger partial charge on any atom is 0.179 e. The molecule has 1 aromatic rings. The monoisotopic (exact) mass is 156 g/mol. The highest BCUT2D eigenvalue weighted by atomic mass is 35.5. The van der Waals surface area contributed by atoms with Gasteiger partial charge in [-0.25, -0.2) is 9.97 Å². The summed E-state index contributed by atoms with van der Waals surface area (Å²) in [6.07, 6.45) is 2.70. The highest BCUT2D eigenvalue weighted by Crippen LogP contribution is 2.00. The lowest BCUT2D eigenvalue weighted by molar-refractivity contribution is 0.101. The van der Waals surface area contributed by atoms with Gasteiger partial charge in [0.15, 0.2) is 5.78 Å². The Labute approximate surface area is 63.1 Å². The summed E-state index contributed by atoms with van der Waals surface area (Å²) < 4.78 is 0. The fraction of sp³-hybridized carbons (Fsp3) is 0.167. The molecule has 0 fully saturated rings. The van der Waals surface area contributed by atoms with Gasteiger partial charge >= 0.3 is 0 Å². The van der Waals surface area contributed by atoms with E-state index in [-0.39, 0.29) is 5.78 Å². The number of nitrogens with zero attached hydrogens (tertiary/aromatic N) is 2. The average Bonchev–Trinajstić information content (AvgIpc) is 1.88. The van der Waals surface area contributed by atoms with E-state index < -0.39 is 0 Å². The van der Waals surface area contributed by atoms with Gasteiger partial charge < -0.3 is 0 Å². The van der Waals surface area contributed by atoms with E-state index in [1.165, 1.54) is 19.3 Å². The van der Waals surface area contributed by atoms with E-state index in [0.29, 0.717) is 10.8 Å². The lowest BCUT2D eigenvalue weighted by Crippen LogP contribution is -1.96. The molecule has 0 saturated heterocycles. The fourth-order valence-corrected chi connectivity index (χ4v) is 0.592. The van der Waals surface area contributed by atoms with Crippen LogP contribution in [0.25, 0.3) is 0 Å². The zero-order valence-corrected chi connectivity index (χ0v) is 6.09. The van der Waals surface area contributed by atoms with Gasteiger partial charge in [-0.1, -0.05) is 11.6 Å². The van der Waals surface area contributed by atoms with Crippen molar-refractivity contribution in [2.24, 2.45) is 0 Å². The first-order chi connectivity index (χ1) is 4.70. The molecular weight excluding hydrogens is 152 g/mol. The van der Waals surface area contributed by atoms with Crippen molar-refractivity contribution in [2.45, 2.75) is 6.92 Å². The molecule has 0 atom stereocenters. The molecule has 4 heteroatoms. The lowest BCUT2D eigenvalue weighted by Gasteiger charge is -1.90. The molecule has 1 rings (SSSR count). The first-order valence-electron chi connectivity index (χ1n) is 2.68. The topological polar surface area (TPSA) is 42.9 Å². The third-order valence-electron chi connectivity index (χ3n) is 0.981. The summed E-state index contributed by atoms with van der Waals surface area (Å²) in [6.45, 7) is 1.43. The number of hydrogen-bond donors (Lipinski definition) is 0. The van der Waals surface area contributed by atoms with Gasteiger partial charge in [-0.15, -0.1) is 0 Å². The van der Waals surface area contributed by atoms with Crippen LogP contribution in [0.5, 0.6) is 0 Å². The number of hydrogen-bond acceptors (Lipinski definition) is 3. The molecule has 0 aromatic carbocycles. The van der Waals surface area contributed by atoms with E-state index in [1.807, 2.05) is 0 Å². The van der Waals surface area contributed by atoms with Gasteiger partial charge in [0, 0.05) is 6.92 Å². The molecule has 0 radical (unpaired) electrons. The van der Waals surface area contributed by atoms with Crippen LogP contribution in [0.15, 0.2) is 12.4 Å². The second kappa shape index (κ2) is 2.75. The van der Waals surface area contributed by atoms with Gasteiger partial charge in [0.2, 0.25) is 0 Å². The summed E-state index contributed by atoms with van der Waals surface area (Å²) in [5.41, 5.74) is 0.337. The molecule has 0 saturated carbocycles. The van der Waals surface area contributed by atoms with Crippen molar-refractivity contribution in [1.82, 2.24) is 9.97 Å². The second-order valence-electron chi connectivity index (χ2n) is 1.78. The van der Waals surface area contributed by atoms with Crippen molar-refractivity contribution in [3.8, 4) is 0 Å². The van der Waals surface area contributed by atoms with Crippen LogP contribution >= 0.6 is 11.6 Å². The Balaban J connectivity index is 3.00. The summed E-state index contributed by atoms with van der Waals surface area (Å²) in [5.74, 6) is -0.107. The second-order valence-corrected chi connectivity index (χ2v) is 2.17. The Morgan fingerprint density at radius 1 is 1.50 bits per heavy atom. The van der Waals surface area contributed by atoms with E-state index in [2.05, 4.69) is 9.97 Å². The van der Waals surface area contributed by atoms with Crippen molar-refractivity contribution < 1.29 is 4.79 Å². The minimum absolute atomic E-state index is 0.107. The summed E-state index contributed by atoms with van der Waals surface area (Å²) >= 11 is 5.43. The molecule has 1 heterocycles.